The smallest absolute Gasteiger partial charge is 0.398 e. The summed E-state index contributed by atoms with van der Waals surface area (Å²) < 4.78 is 51.9. The van der Waals surface area contributed by atoms with Gasteiger partial charge in [-0.2, -0.15) is 13.2 Å². The third kappa shape index (κ3) is 2.84. The van der Waals surface area contributed by atoms with E-state index in [-0.39, 0.29) is 17.1 Å². The number of nitrogens with two attached hydrogens (primary N) is 1. The molecule has 2 aromatic rings. The number of para-hydroxylation sites is 1. The third-order valence-corrected chi connectivity index (χ3v) is 2.85. The van der Waals surface area contributed by atoms with Crippen LogP contribution in [0, 0.1) is 12.7 Å². The monoisotopic (exact) mass is 284 g/mol. The second-order valence-corrected chi connectivity index (χ2v) is 4.36. The quantitative estimate of drug-likeness (QED) is 0.630. The predicted molar refractivity (Wildman–Crippen MR) is 70.3 cm³/mol. The van der Waals surface area contributed by atoms with Crippen LogP contribution in [0.4, 0.5) is 34.6 Å². The highest BCUT2D eigenvalue weighted by atomic mass is 19.4. The van der Waals surface area contributed by atoms with Crippen molar-refractivity contribution >= 4 is 17.1 Å². The van der Waals surface area contributed by atoms with Crippen molar-refractivity contribution in [3.8, 4) is 0 Å². The Balaban J connectivity index is 2.40. The number of aryl methyl sites for hydroxylation is 1. The summed E-state index contributed by atoms with van der Waals surface area (Å²) in [6.07, 6.45) is -4.55. The van der Waals surface area contributed by atoms with Gasteiger partial charge in [-0.1, -0.05) is 12.1 Å². The van der Waals surface area contributed by atoms with Gasteiger partial charge in [0.05, 0.1) is 11.3 Å². The number of rotatable bonds is 2. The van der Waals surface area contributed by atoms with E-state index in [2.05, 4.69) is 5.32 Å². The van der Waals surface area contributed by atoms with E-state index in [1.807, 2.05) is 0 Å². The van der Waals surface area contributed by atoms with Crippen LogP contribution in [0.2, 0.25) is 0 Å². The Morgan fingerprint density at radius 2 is 1.80 bits per heavy atom. The summed E-state index contributed by atoms with van der Waals surface area (Å²) >= 11 is 0. The molecule has 3 N–H and O–H groups in total. The standard InChI is InChI=1S/C14H12F4N2/c1-8-3-2-4-11(15)13(8)20-9-5-6-12(19)10(7-9)14(16,17)18/h2-7,20H,19H2,1H3. The first-order valence-electron chi connectivity index (χ1n) is 5.78. The van der Waals surface area contributed by atoms with Crippen LogP contribution < -0.4 is 11.1 Å². The average Bonchev–Trinajstić information content (AvgIpc) is 2.34. The Morgan fingerprint density at radius 1 is 1.10 bits per heavy atom. The molecule has 0 aliphatic carbocycles. The fraction of sp³-hybridized carbons (Fsp3) is 0.143. The summed E-state index contributed by atoms with van der Waals surface area (Å²) in [5.74, 6) is -0.532. The molecule has 0 bridgehead atoms. The van der Waals surface area contributed by atoms with Gasteiger partial charge in [-0.25, -0.2) is 4.39 Å². The molecule has 0 aromatic heterocycles. The van der Waals surface area contributed by atoms with E-state index in [9.17, 15) is 17.6 Å². The van der Waals surface area contributed by atoms with Gasteiger partial charge in [0, 0.05) is 11.4 Å². The van der Waals surface area contributed by atoms with Crippen molar-refractivity contribution in [1.29, 1.82) is 0 Å². The van der Waals surface area contributed by atoms with E-state index in [4.69, 9.17) is 5.73 Å². The minimum absolute atomic E-state index is 0.125. The minimum atomic E-state index is -4.55. The largest absolute Gasteiger partial charge is 0.418 e. The van der Waals surface area contributed by atoms with Crippen LogP contribution in [0.3, 0.4) is 0 Å². The van der Waals surface area contributed by atoms with Gasteiger partial charge >= 0.3 is 6.18 Å². The summed E-state index contributed by atoms with van der Waals surface area (Å²) in [4.78, 5) is 0. The van der Waals surface area contributed by atoms with Gasteiger partial charge in [0.25, 0.3) is 0 Å². The maximum Gasteiger partial charge on any atom is 0.418 e. The summed E-state index contributed by atoms with van der Waals surface area (Å²) in [5.41, 5.74) is 4.85. The molecule has 0 aliphatic rings. The molecule has 2 nitrogen and oxygen atoms in total. The highest BCUT2D eigenvalue weighted by Crippen LogP contribution is 2.36. The Labute approximate surface area is 113 Å². The first-order chi connectivity index (χ1) is 9.29. The van der Waals surface area contributed by atoms with Crippen LogP contribution in [0.15, 0.2) is 36.4 Å². The zero-order valence-corrected chi connectivity index (χ0v) is 10.6. The fourth-order valence-corrected chi connectivity index (χ4v) is 1.81. The second-order valence-electron chi connectivity index (χ2n) is 4.36. The number of nitrogens with one attached hydrogen (secondary N) is 1. The first-order valence-corrected chi connectivity index (χ1v) is 5.78. The number of alkyl halides is 3. The maximum atomic E-state index is 13.6. The zero-order valence-electron chi connectivity index (χ0n) is 10.6. The molecule has 6 heteroatoms. The van der Waals surface area contributed by atoms with Crippen LogP contribution in [0.5, 0.6) is 0 Å². The molecule has 2 rings (SSSR count). The van der Waals surface area contributed by atoms with Crippen molar-refractivity contribution in [1.82, 2.24) is 0 Å². The van der Waals surface area contributed by atoms with Crippen molar-refractivity contribution in [3.05, 3.63) is 53.3 Å². The third-order valence-electron chi connectivity index (χ3n) is 2.85. The van der Waals surface area contributed by atoms with E-state index < -0.39 is 17.6 Å². The van der Waals surface area contributed by atoms with Crippen LogP contribution in [-0.4, -0.2) is 0 Å². The summed E-state index contributed by atoms with van der Waals surface area (Å²) in [7, 11) is 0. The van der Waals surface area contributed by atoms with Crippen molar-refractivity contribution in [3.63, 3.8) is 0 Å². The summed E-state index contributed by atoms with van der Waals surface area (Å²) in [6.45, 7) is 1.66. The molecule has 0 heterocycles. The van der Waals surface area contributed by atoms with Crippen LogP contribution in [0.25, 0.3) is 0 Å². The Kier molecular flexibility index (Phi) is 3.57. The lowest BCUT2D eigenvalue weighted by molar-refractivity contribution is -0.136. The Morgan fingerprint density at radius 3 is 2.40 bits per heavy atom. The molecule has 0 aliphatic heterocycles. The fourth-order valence-electron chi connectivity index (χ4n) is 1.81. The van der Waals surface area contributed by atoms with E-state index in [1.165, 1.54) is 18.2 Å². The lowest BCUT2D eigenvalue weighted by Gasteiger charge is -2.14. The molecule has 20 heavy (non-hydrogen) atoms. The maximum absolute atomic E-state index is 13.6. The molecule has 0 unspecified atom stereocenters. The summed E-state index contributed by atoms with van der Waals surface area (Å²) in [6, 6.07) is 7.80. The van der Waals surface area contributed by atoms with Gasteiger partial charge in [0.1, 0.15) is 5.82 Å². The minimum Gasteiger partial charge on any atom is -0.398 e. The molecule has 0 saturated heterocycles. The SMILES string of the molecule is Cc1cccc(F)c1Nc1ccc(N)c(C(F)(F)F)c1. The molecule has 0 amide bonds. The lowest BCUT2D eigenvalue weighted by atomic mass is 10.1. The van der Waals surface area contributed by atoms with Gasteiger partial charge in [-0.05, 0) is 36.8 Å². The Hall–Kier alpha value is -2.24. The van der Waals surface area contributed by atoms with Crippen molar-refractivity contribution in [2.45, 2.75) is 13.1 Å². The highest BCUT2D eigenvalue weighted by molar-refractivity contribution is 5.67. The molecular weight excluding hydrogens is 272 g/mol. The highest BCUT2D eigenvalue weighted by Gasteiger charge is 2.33. The van der Waals surface area contributed by atoms with Crippen LogP contribution in [-0.2, 0) is 6.18 Å². The molecular formula is C14H12F4N2. The number of halogens is 4. The van der Waals surface area contributed by atoms with Crippen LogP contribution >= 0.6 is 0 Å². The number of benzene rings is 2. The zero-order chi connectivity index (χ0) is 14.9. The normalized spacial score (nSPS) is 11.4. The predicted octanol–water partition coefficient (Wildman–Crippen LogP) is 4.48. The second kappa shape index (κ2) is 5.03. The first kappa shape index (κ1) is 14.2. The number of nitrogen functional groups attached to an aromatic ring is 1. The molecule has 0 fully saturated rings. The van der Waals surface area contributed by atoms with Crippen molar-refractivity contribution < 1.29 is 17.6 Å². The van der Waals surface area contributed by atoms with Gasteiger partial charge in [0.2, 0.25) is 0 Å². The van der Waals surface area contributed by atoms with Crippen molar-refractivity contribution in [2.75, 3.05) is 11.1 Å². The Bertz CT molecular complexity index is 615. The van der Waals surface area contributed by atoms with Gasteiger partial charge < -0.3 is 11.1 Å². The number of hydrogen-bond donors (Lipinski definition) is 2. The van der Waals surface area contributed by atoms with Crippen molar-refractivity contribution in [2.24, 2.45) is 0 Å². The van der Waals surface area contributed by atoms with Gasteiger partial charge in [-0.3, -0.25) is 0 Å². The van der Waals surface area contributed by atoms with E-state index in [1.54, 1.807) is 13.0 Å². The molecule has 0 saturated carbocycles. The molecule has 2 aromatic carbocycles. The van der Waals surface area contributed by atoms with E-state index in [0.717, 1.165) is 12.1 Å². The number of anilines is 3. The van der Waals surface area contributed by atoms with Crippen LogP contribution in [0.1, 0.15) is 11.1 Å². The molecule has 0 atom stereocenters. The lowest BCUT2D eigenvalue weighted by Crippen LogP contribution is -2.09. The van der Waals surface area contributed by atoms with E-state index >= 15 is 0 Å². The summed E-state index contributed by atoms with van der Waals surface area (Å²) in [5, 5.41) is 2.65. The van der Waals surface area contributed by atoms with E-state index in [0.29, 0.717) is 5.56 Å². The topological polar surface area (TPSA) is 38.0 Å². The molecule has 0 spiro atoms. The number of hydrogen-bond acceptors (Lipinski definition) is 2. The average molecular weight is 284 g/mol. The van der Waals surface area contributed by atoms with Gasteiger partial charge in [0.15, 0.2) is 0 Å². The van der Waals surface area contributed by atoms with Gasteiger partial charge in [-0.15, -0.1) is 0 Å². The molecule has 106 valence electrons. The molecule has 0 radical (unpaired) electrons.